The first kappa shape index (κ1) is 18.9. The van der Waals surface area contributed by atoms with Gasteiger partial charge in [0, 0.05) is 23.1 Å². The molecule has 0 spiro atoms. The van der Waals surface area contributed by atoms with E-state index in [4.69, 9.17) is 0 Å². The highest BCUT2D eigenvalue weighted by Gasteiger charge is 2.34. The number of aromatic hydroxyl groups is 1. The van der Waals surface area contributed by atoms with Crippen LogP contribution in [-0.2, 0) is 16.0 Å². The Morgan fingerprint density at radius 3 is 2.86 bits per heavy atom. The summed E-state index contributed by atoms with van der Waals surface area (Å²) in [6, 6.07) is 12.8. The van der Waals surface area contributed by atoms with Gasteiger partial charge in [-0.1, -0.05) is 23.8 Å². The molecule has 1 aliphatic rings. The summed E-state index contributed by atoms with van der Waals surface area (Å²) in [7, 11) is 1.26. The largest absolute Gasteiger partial charge is 0.508 e. The molecule has 1 unspecified atom stereocenters. The minimum absolute atomic E-state index is 0.140. The van der Waals surface area contributed by atoms with E-state index in [1.54, 1.807) is 23.1 Å². The third-order valence-corrected chi connectivity index (χ3v) is 5.36. The number of phenols is 1. The molecule has 0 radical (unpaired) electrons. The van der Waals surface area contributed by atoms with Gasteiger partial charge in [0.1, 0.15) is 12.3 Å². The summed E-state index contributed by atoms with van der Waals surface area (Å²) in [5.41, 5.74) is 5.12. The van der Waals surface area contributed by atoms with Gasteiger partial charge < -0.3 is 25.0 Å². The number of carbonyl (C=O) groups is 2. The Balaban J connectivity index is 1.78. The van der Waals surface area contributed by atoms with Crippen LogP contribution in [0.5, 0.6) is 5.75 Å². The molecule has 0 saturated carbocycles. The lowest BCUT2D eigenvalue weighted by atomic mass is 9.92. The number of fused-ring (bicyclic) bond motifs is 3. The van der Waals surface area contributed by atoms with Gasteiger partial charge in [0.2, 0.25) is 5.91 Å². The molecule has 2 aromatic carbocycles. The second-order valence-corrected chi connectivity index (χ2v) is 7.25. The van der Waals surface area contributed by atoms with Crippen molar-refractivity contribution >= 4 is 22.9 Å². The zero-order chi connectivity index (χ0) is 20.5. The summed E-state index contributed by atoms with van der Waals surface area (Å²) in [5, 5.41) is 13.6. The highest BCUT2D eigenvalue weighted by molar-refractivity contribution is 5.88. The van der Waals surface area contributed by atoms with Crippen LogP contribution in [0.1, 0.15) is 28.4 Å². The van der Waals surface area contributed by atoms with Gasteiger partial charge in [-0.25, -0.2) is 4.79 Å². The molecular weight excluding hydrogens is 370 g/mol. The van der Waals surface area contributed by atoms with Crippen molar-refractivity contribution in [3.05, 3.63) is 64.8 Å². The maximum Gasteiger partial charge on any atom is 0.407 e. The maximum absolute atomic E-state index is 12.9. The Hall–Kier alpha value is -3.48. The summed E-state index contributed by atoms with van der Waals surface area (Å²) in [6.45, 7) is 2.41. The summed E-state index contributed by atoms with van der Waals surface area (Å²) in [4.78, 5) is 29.6. The number of phenolic OH excluding ortho intramolecular Hbond substituents is 1. The zero-order valence-corrected chi connectivity index (χ0v) is 16.4. The average molecular weight is 393 g/mol. The van der Waals surface area contributed by atoms with Crippen molar-refractivity contribution in [3.8, 4) is 5.75 Å². The number of rotatable bonds is 3. The first-order valence-electron chi connectivity index (χ1n) is 9.49. The number of ether oxygens (including phenoxy) is 1. The maximum atomic E-state index is 12.9. The molecule has 0 bridgehead atoms. The van der Waals surface area contributed by atoms with Gasteiger partial charge in [-0.2, -0.15) is 0 Å². The topological polar surface area (TPSA) is 94.7 Å². The molecule has 4 rings (SSSR count). The van der Waals surface area contributed by atoms with E-state index >= 15 is 0 Å². The first-order valence-corrected chi connectivity index (χ1v) is 9.49. The Morgan fingerprint density at radius 2 is 2.10 bits per heavy atom. The molecule has 3 N–H and O–H groups in total. The van der Waals surface area contributed by atoms with Crippen LogP contribution < -0.4 is 5.32 Å². The van der Waals surface area contributed by atoms with Gasteiger partial charge in [-0.3, -0.25) is 4.79 Å². The standard InChI is InChI=1S/C22H23N3O4/c1-13-6-7-18-17(10-13)16-8-9-25(19(27)12-23-22(28)29-2)21(20(16)24-18)14-4-3-5-15(26)11-14/h3-7,10-11,21,24,26H,8-9,12H2,1-2H3,(H,23,28). The molecule has 150 valence electrons. The highest BCUT2D eigenvalue weighted by atomic mass is 16.5. The van der Waals surface area contributed by atoms with Gasteiger partial charge in [0.15, 0.2) is 0 Å². The number of benzene rings is 2. The van der Waals surface area contributed by atoms with E-state index in [1.807, 2.05) is 12.1 Å². The minimum Gasteiger partial charge on any atom is -0.508 e. The molecule has 0 saturated heterocycles. The van der Waals surface area contributed by atoms with E-state index in [0.29, 0.717) is 13.0 Å². The zero-order valence-electron chi connectivity index (χ0n) is 16.4. The predicted octanol–water partition coefficient (Wildman–Crippen LogP) is 3.01. The van der Waals surface area contributed by atoms with Gasteiger partial charge in [0.05, 0.1) is 13.2 Å². The lowest BCUT2D eigenvalue weighted by Gasteiger charge is -2.36. The fourth-order valence-electron chi connectivity index (χ4n) is 4.03. The van der Waals surface area contributed by atoms with Crippen molar-refractivity contribution in [2.75, 3.05) is 20.2 Å². The van der Waals surface area contributed by atoms with Crippen LogP contribution in [0.25, 0.3) is 10.9 Å². The Kier molecular flexibility index (Phi) is 4.88. The van der Waals surface area contributed by atoms with E-state index in [9.17, 15) is 14.7 Å². The van der Waals surface area contributed by atoms with Crippen LogP contribution in [0.2, 0.25) is 0 Å². The van der Waals surface area contributed by atoms with Crippen molar-refractivity contribution in [3.63, 3.8) is 0 Å². The molecule has 0 aliphatic carbocycles. The Bertz CT molecular complexity index is 1090. The number of methoxy groups -OCH3 is 1. The number of nitrogens with one attached hydrogen (secondary N) is 2. The molecular formula is C22H23N3O4. The molecule has 7 heteroatoms. The molecule has 2 amide bonds. The number of alkyl carbamates (subject to hydrolysis) is 1. The van der Waals surface area contributed by atoms with Crippen LogP contribution in [-0.4, -0.2) is 47.2 Å². The molecule has 2 heterocycles. The molecule has 3 aromatic rings. The smallest absolute Gasteiger partial charge is 0.407 e. The summed E-state index contributed by atoms with van der Waals surface area (Å²) >= 11 is 0. The van der Waals surface area contributed by atoms with E-state index in [1.165, 1.54) is 18.2 Å². The number of hydrogen-bond donors (Lipinski definition) is 3. The van der Waals surface area contributed by atoms with Gasteiger partial charge >= 0.3 is 6.09 Å². The number of aromatic amines is 1. The number of aromatic nitrogens is 1. The molecule has 7 nitrogen and oxygen atoms in total. The highest BCUT2D eigenvalue weighted by Crippen LogP contribution is 2.39. The van der Waals surface area contributed by atoms with Crippen LogP contribution >= 0.6 is 0 Å². The summed E-state index contributed by atoms with van der Waals surface area (Å²) in [6.07, 6.45) is 0.0592. The lowest BCUT2D eigenvalue weighted by Crippen LogP contribution is -2.45. The number of H-pyrrole nitrogens is 1. The monoisotopic (exact) mass is 393 g/mol. The lowest BCUT2D eigenvalue weighted by molar-refractivity contribution is -0.132. The number of nitrogens with zero attached hydrogens (tertiary/aromatic N) is 1. The van der Waals surface area contributed by atoms with Crippen LogP contribution in [0.4, 0.5) is 4.79 Å². The third-order valence-electron chi connectivity index (χ3n) is 5.36. The van der Waals surface area contributed by atoms with E-state index in [-0.39, 0.29) is 24.2 Å². The number of carbonyl (C=O) groups excluding carboxylic acids is 2. The van der Waals surface area contributed by atoms with Gasteiger partial charge in [-0.15, -0.1) is 0 Å². The van der Waals surface area contributed by atoms with Crippen molar-refractivity contribution in [2.24, 2.45) is 0 Å². The van der Waals surface area contributed by atoms with Crippen LogP contribution in [0.15, 0.2) is 42.5 Å². The van der Waals surface area contributed by atoms with Crippen molar-refractivity contribution < 1.29 is 19.4 Å². The molecule has 1 atom stereocenters. The molecule has 1 aliphatic heterocycles. The Labute approximate surface area is 168 Å². The minimum atomic E-state index is -0.647. The second-order valence-electron chi connectivity index (χ2n) is 7.25. The summed E-state index contributed by atoms with van der Waals surface area (Å²) < 4.78 is 4.56. The number of amides is 2. The van der Waals surface area contributed by atoms with Crippen molar-refractivity contribution in [2.45, 2.75) is 19.4 Å². The van der Waals surface area contributed by atoms with Gasteiger partial charge in [-0.05, 0) is 48.7 Å². The fraction of sp³-hybridized carbons (Fsp3) is 0.273. The average Bonchev–Trinajstić information content (AvgIpc) is 3.08. The molecule has 1 aromatic heterocycles. The third kappa shape index (κ3) is 3.51. The van der Waals surface area contributed by atoms with E-state index in [0.717, 1.165) is 22.2 Å². The second kappa shape index (κ2) is 7.50. The normalized spacial score (nSPS) is 15.8. The fourth-order valence-corrected chi connectivity index (χ4v) is 4.03. The van der Waals surface area contributed by atoms with Crippen LogP contribution in [0.3, 0.4) is 0 Å². The number of aryl methyl sites for hydroxylation is 1. The molecule has 0 fully saturated rings. The summed E-state index contributed by atoms with van der Waals surface area (Å²) in [5.74, 6) is -0.0779. The Morgan fingerprint density at radius 1 is 1.28 bits per heavy atom. The molecule has 29 heavy (non-hydrogen) atoms. The predicted molar refractivity (Wildman–Crippen MR) is 109 cm³/mol. The van der Waals surface area contributed by atoms with Crippen molar-refractivity contribution in [1.29, 1.82) is 0 Å². The number of hydrogen-bond acceptors (Lipinski definition) is 4. The van der Waals surface area contributed by atoms with Gasteiger partial charge in [0.25, 0.3) is 0 Å². The first-order chi connectivity index (χ1) is 14.0. The van der Waals surface area contributed by atoms with Crippen LogP contribution in [0, 0.1) is 6.92 Å². The quantitative estimate of drug-likeness (QED) is 0.638. The SMILES string of the molecule is COC(=O)NCC(=O)N1CCc2c([nH]c3ccc(C)cc23)C1c1cccc(O)c1. The van der Waals surface area contributed by atoms with Crippen molar-refractivity contribution in [1.82, 2.24) is 15.2 Å². The van der Waals surface area contributed by atoms with E-state index < -0.39 is 6.09 Å². The van der Waals surface area contributed by atoms with E-state index in [2.05, 4.69) is 34.1 Å².